The molecule has 0 aliphatic rings. The second-order valence-corrected chi connectivity index (χ2v) is 2.92. The normalized spacial score (nSPS) is 12.9. The Morgan fingerprint density at radius 2 is 1.93 bits per heavy atom. The SMILES string of the molecule is CNC[C@H](OC)c1c(F)cccc1F. The summed E-state index contributed by atoms with van der Waals surface area (Å²) in [4.78, 5) is 0. The number of hydrogen-bond donors (Lipinski definition) is 1. The van der Waals surface area contributed by atoms with E-state index in [2.05, 4.69) is 5.32 Å². The van der Waals surface area contributed by atoms with Crippen molar-refractivity contribution in [2.45, 2.75) is 6.10 Å². The maximum absolute atomic E-state index is 13.3. The number of rotatable bonds is 4. The minimum absolute atomic E-state index is 0.0237. The molecule has 0 spiro atoms. The fraction of sp³-hybridized carbons (Fsp3) is 0.400. The lowest BCUT2D eigenvalue weighted by molar-refractivity contribution is 0.0975. The molecule has 14 heavy (non-hydrogen) atoms. The minimum Gasteiger partial charge on any atom is -0.375 e. The molecule has 0 saturated carbocycles. The van der Waals surface area contributed by atoms with Crippen molar-refractivity contribution in [3.8, 4) is 0 Å². The van der Waals surface area contributed by atoms with E-state index in [1.165, 1.54) is 25.3 Å². The van der Waals surface area contributed by atoms with Crippen LogP contribution in [-0.4, -0.2) is 20.7 Å². The Morgan fingerprint density at radius 3 is 2.36 bits per heavy atom. The van der Waals surface area contributed by atoms with Crippen LogP contribution in [0.5, 0.6) is 0 Å². The second-order valence-electron chi connectivity index (χ2n) is 2.92. The average Bonchev–Trinajstić information content (AvgIpc) is 2.16. The molecule has 1 aromatic carbocycles. The van der Waals surface area contributed by atoms with Crippen molar-refractivity contribution in [3.63, 3.8) is 0 Å². The van der Waals surface area contributed by atoms with Crippen molar-refractivity contribution in [2.24, 2.45) is 0 Å². The molecule has 1 atom stereocenters. The van der Waals surface area contributed by atoms with Gasteiger partial charge in [0.2, 0.25) is 0 Å². The third kappa shape index (κ3) is 2.27. The van der Waals surface area contributed by atoms with E-state index in [4.69, 9.17) is 4.74 Å². The van der Waals surface area contributed by atoms with Crippen LogP contribution in [0.15, 0.2) is 18.2 Å². The highest BCUT2D eigenvalue weighted by atomic mass is 19.1. The van der Waals surface area contributed by atoms with Gasteiger partial charge in [-0.3, -0.25) is 0 Å². The average molecular weight is 201 g/mol. The standard InChI is InChI=1S/C10H13F2NO/c1-13-6-9(14-2)10-7(11)4-3-5-8(10)12/h3-5,9,13H,6H2,1-2H3/t9-/m0/s1. The summed E-state index contributed by atoms with van der Waals surface area (Å²) >= 11 is 0. The van der Waals surface area contributed by atoms with Crippen LogP contribution in [0.2, 0.25) is 0 Å². The summed E-state index contributed by atoms with van der Waals surface area (Å²) in [6.45, 7) is 0.369. The molecular formula is C10H13F2NO. The summed E-state index contributed by atoms with van der Waals surface area (Å²) in [5.74, 6) is -1.15. The Kier molecular flexibility index (Phi) is 3.98. The van der Waals surface area contributed by atoms with Crippen molar-refractivity contribution < 1.29 is 13.5 Å². The molecule has 0 amide bonds. The maximum Gasteiger partial charge on any atom is 0.132 e. The molecule has 0 heterocycles. The van der Waals surface area contributed by atoms with Gasteiger partial charge in [-0.1, -0.05) is 6.07 Å². The first kappa shape index (κ1) is 11.1. The number of likely N-dealkylation sites (N-methyl/N-ethyl adjacent to an activating group) is 1. The number of ether oxygens (including phenoxy) is 1. The Labute approximate surface area is 81.9 Å². The Morgan fingerprint density at radius 1 is 1.36 bits per heavy atom. The molecule has 0 radical (unpaired) electrons. The molecule has 0 unspecified atom stereocenters. The number of benzene rings is 1. The van der Waals surface area contributed by atoms with Gasteiger partial charge in [-0.25, -0.2) is 8.78 Å². The third-order valence-electron chi connectivity index (χ3n) is 2.00. The fourth-order valence-electron chi connectivity index (χ4n) is 1.31. The molecule has 2 nitrogen and oxygen atoms in total. The van der Waals surface area contributed by atoms with Gasteiger partial charge in [-0.15, -0.1) is 0 Å². The summed E-state index contributed by atoms with van der Waals surface area (Å²) in [6.07, 6.45) is -0.596. The first-order chi connectivity index (χ1) is 6.70. The zero-order valence-corrected chi connectivity index (χ0v) is 8.18. The lowest BCUT2D eigenvalue weighted by atomic mass is 10.1. The van der Waals surface area contributed by atoms with Gasteiger partial charge in [0.15, 0.2) is 0 Å². The van der Waals surface area contributed by atoms with Gasteiger partial charge < -0.3 is 10.1 Å². The van der Waals surface area contributed by atoms with Gasteiger partial charge in [-0.2, -0.15) is 0 Å². The van der Waals surface area contributed by atoms with Crippen molar-refractivity contribution >= 4 is 0 Å². The molecule has 78 valence electrons. The van der Waals surface area contributed by atoms with E-state index in [0.717, 1.165) is 0 Å². The number of nitrogens with one attached hydrogen (secondary N) is 1. The summed E-state index contributed by atoms with van der Waals surface area (Å²) in [6, 6.07) is 3.78. The second kappa shape index (κ2) is 5.02. The highest BCUT2D eigenvalue weighted by molar-refractivity contribution is 5.22. The van der Waals surface area contributed by atoms with E-state index in [-0.39, 0.29) is 5.56 Å². The van der Waals surface area contributed by atoms with E-state index in [1.54, 1.807) is 7.05 Å². The monoisotopic (exact) mass is 201 g/mol. The van der Waals surface area contributed by atoms with Crippen molar-refractivity contribution in [1.82, 2.24) is 5.32 Å². The smallest absolute Gasteiger partial charge is 0.132 e. The summed E-state index contributed by atoms with van der Waals surface area (Å²) < 4.78 is 31.5. The Hall–Kier alpha value is -1.00. The quantitative estimate of drug-likeness (QED) is 0.803. The van der Waals surface area contributed by atoms with E-state index in [1.807, 2.05) is 0 Å². The van der Waals surface area contributed by atoms with Crippen molar-refractivity contribution in [1.29, 1.82) is 0 Å². The zero-order chi connectivity index (χ0) is 10.6. The highest BCUT2D eigenvalue weighted by Gasteiger charge is 2.18. The van der Waals surface area contributed by atoms with E-state index in [9.17, 15) is 8.78 Å². The van der Waals surface area contributed by atoms with Gasteiger partial charge in [0, 0.05) is 13.7 Å². The fourth-order valence-corrected chi connectivity index (χ4v) is 1.31. The zero-order valence-electron chi connectivity index (χ0n) is 8.18. The molecule has 0 bridgehead atoms. The third-order valence-corrected chi connectivity index (χ3v) is 2.00. The molecule has 0 aliphatic carbocycles. The predicted octanol–water partition coefficient (Wildman–Crippen LogP) is 1.87. The molecular weight excluding hydrogens is 188 g/mol. The predicted molar refractivity (Wildman–Crippen MR) is 50.0 cm³/mol. The van der Waals surface area contributed by atoms with Crippen LogP contribution in [0, 0.1) is 11.6 Å². The molecule has 4 heteroatoms. The van der Waals surface area contributed by atoms with Gasteiger partial charge in [-0.05, 0) is 19.2 Å². The largest absolute Gasteiger partial charge is 0.375 e. The summed E-state index contributed by atoms with van der Waals surface area (Å²) in [5.41, 5.74) is -0.0237. The summed E-state index contributed by atoms with van der Waals surface area (Å²) in [5, 5.41) is 2.81. The van der Waals surface area contributed by atoms with Crippen LogP contribution >= 0.6 is 0 Å². The van der Waals surface area contributed by atoms with Crippen LogP contribution in [0.1, 0.15) is 11.7 Å². The Balaban J connectivity index is 3.02. The van der Waals surface area contributed by atoms with E-state index >= 15 is 0 Å². The van der Waals surface area contributed by atoms with Crippen molar-refractivity contribution in [2.75, 3.05) is 20.7 Å². The summed E-state index contributed by atoms with van der Waals surface area (Å²) in [7, 11) is 3.12. The van der Waals surface area contributed by atoms with E-state index in [0.29, 0.717) is 6.54 Å². The first-order valence-corrected chi connectivity index (χ1v) is 4.32. The lowest BCUT2D eigenvalue weighted by Crippen LogP contribution is -2.20. The number of methoxy groups -OCH3 is 1. The van der Waals surface area contributed by atoms with Crippen LogP contribution in [-0.2, 0) is 4.74 Å². The van der Waals surface area contributed by atoms with Gasteiger partial charge >= 0.3 is 0 Å². The molecule has 0 fully saturated rings. The van der Waals surface area contributed by atoms with E-state index < -0.39 is 17.7 Å². The molecule has 0 saturated heterocycles. The maximum atomic E-state index is 13.3. The van der Waals surface area contributed by atoms with Gasteiger partial charge in [0.25, 0.3) is 0 Å². The van der Waals surface area contributed by atoms with Crippen LogP contribution in [0.4, 0.5) is 8.78 Å². The van der Waals surface area contributed by atoms with Crippen molar-refractivity contribution in [3.05, 3.63) is 35.4 Å². The number of hydrogen-bond acceptors (Lipinski definition) is 2. The lowest BCUT2D eigenvalue weighted by Gasteiger charge is -2.16. The minimum atomic E-state index is -0.596. The van der Waals surface area contributed by atoms with Gasteiger partial charge in [0.05, 0.1) is 5.56 Å². The highest BCUT2D eigenvalue weighted by Crippen LogP contribution is 2.22. The van der Waals surface area contributed by atoms with Crippen LogP contribution in [0.25, 0.3) is 0 Å². The van der Waals surface area contributed by atoms with Crippen LogP contribution in [0.3, 0.4) is 0 Å². The molecule has 0 aromatic heterocycles. The Bertz CT molecular complexity index is 284. The molecule has 1 aromatic rings. The van der Waals surface area contributed by atoms with Gasteiger partial charge in [0.1, 0.15) is 17.7 Å². The topological polar surface area (TPSA) is 21.3 Å². The molecule has 1 rings (SSSR count). The molecule has 1 N–H and O–H groups in total. The van der Waals surface area contributed by atoms with Crippen LogP contribution < -0.4 is 5.32 Å². The molecule has 0 aliphatic heterocycles. The number of halogens is 2. The first-order valence-electron chi connectivity index (χ1n) is 4.32.